The lowest BCUT2D eigenvalue weighted by molar-refractivity contribution is -0.140. The predicted octanol–water partition coefficient (Wildman–Crippen LogP) is 0.391. The van der Waals surface area contributed by atoms with Gasteiger partial charge in [-0.3, -0.25) is 4.79 Å². The Bertz CT molecular complexity index is 455. The van der Waals surface area contributed by atoms with Gasteiger partial charge in [0.2, 0.25) is 5.91 Å². The largest absolute Gasteiger partial charge is 0.394 e. The molecule has 1 atom stereocenters. The van der Waals surface area contributed by atoms with Gasteiger partial charge in [0.1, 0.15) is 5.82 Å². The molecule has 1 fully saturated rings. The molecule has 1 aliphatic rings. The Morgan fingerprint density at radius 2 is 2.45 bits per heavy atom. The van der Waals surface area contributed by atoms with Crippen molar-refractivity contribution in [3.8, 4) is 0 Å². The highest BCUT2D eigenvalue weighted by Gasteiger charge is 2.27. The summed E-state index contributed by atoms with van der Waals surface area (Å²) in [7, 11) is 1.79. The summed E-state index contributed by atoms with van der Waals surface area (Å²) in [5, 5.41) is 9.83. The van der Waals surface area contributed by atoms with Gasteiger partial charge in [0, 0.05) is 19.8 Å². The van der Waals surface area contributed by atoms with E-state index >= 15 is 0 Å². The average Bonchev–Trinajstić information content (AvgIpc) is 2.47. The molecule has 1 amide bonds. The molecule has 6 nitrogen and oxygen atoms in total. The number of anilines is 1. The molecular weight excluding hydrogens is 282 g/mol. The number of halogens is 1. The maximum atomic E-state index is 12.3. The number of hydrogen-bond donors (Lipinski definition) is 1. The van der Waals surface area contributed by atoms with Gasteiger partial charge in [-0.25, -0.2) is 4.98 Å². The first kappa shape index (κ1) is 15.0. The van der Waals surface area contributed by atoms with Crippen molar-refractivity contribution in [3.63, 3.8) is 0 Å². The quantitative estimate of drug-likeness (QED) is 0.871. The number of morpholine rings is 1. The Balaban J connectivity index is 1.97. The zero-order valence-corrected chi connectivity index (χ0v) is 12.1. The van der Waals surface area contributed by atoms with Crippen molar-refractivity contribution in [2.75, 3.05) is 44.9 Å². The summed E-state index contributed by atoms with van der Waals surface area (Å²) in [6, 6.07) is 3.23. The normalized spacial score (nSPS) is 18.9. The second-order valence-corrected chi connectivity index (χ2v) is 5.13. The minimum Gasteiger partial charge on any atom is -0.394 e. The van der Waals surface area contributed by atoms with Crippen molar-refractivity contribution in [1.82, 2.24) is 9.88 Å². The molecule has 0 aromatic carbocycles. The Hall–Kier alpha value is -1.37. The second kappa shape index (κ2) is 6.88. The lowest BCUT2D eigenvalue weighted by atomic mass is 10.2. The van der Waals surface area contributed by atoms with E-state index in [0.717, 1.165) is 0 Å². The first-order valence-electron chi connectivity index (χ1n) is 6.42. The van der Waals surface area contributed by atoms with Crippen LogP contribution in [-0.4, -0.2) is 66.9 Å². The molecule has 1 aliphatic heterocycles. The number of likely N-dealkylation sites (N-methyl/N-ethyl adjacent to an activating group) is 1. The van der Waals surface area contributed by atoms with E-state index in [1.165, 1.54) is 0 Å². The Labute approximate surface area is 122 Å². The van der Waals surface area contributed by atoms with E-state index in [2.05, 4.69) is 4.98 Å². The number of rotatable bonds is 4. The molecule has 1 aromatic rings. The van der Waals surface area contributed by atoms with Crippen LogP contribution in [0, 0.1) is 0 Å². The lowest BCUT2D eigenvalue weighted by Crippen LogP contribution is -2.53. The third kappa shape index (κ3) is 3.59. The summed E-state index contributed by atoms with van der Waals surface area (Å²) in [5.41, 5.74) is 0. The molecule has 1 N–H and O–H groups in total. The highest BCUT2D eigenvalue weighted by Crippen LogP contribution is 2.14. The maximum absolute atomic E-state index is 12.3. The molecule has 0 saturated carbocycles. The van der Waals surface area contributed by atoms with E-state index in [9.17, 15) is 9.90 Å². The molecule has 2 rings (SSSR count). The monoisotopic (exact) mass is 299 g/mol. The Morgan fingerprint density at radius 1 is 1.65 bits per heavy atom. The number of aliphatic hydroxyl groups excluding tert-OH is 1. The van der Waals surface area contributed by atoms with Crippen molar-refractivity contribution >= 4 is 23.3 Å². The molecule has 7 heteroatoms. The predicted molar refractivity (Wildman–Crippen MR) is 75.9 cm³/mol. The fraction of sp³-hybridized carbons (Fsp3) is 0.538. The molecular formula is C13H18ClN3O3. The first-order chi connectivity index (χ1) is 9.61. The van der Waals surface area contributed by atoms with Crippen molar-refractivity contribution in [1.29, 1.82) is 0 Å². The number of carbonyl (C=O) groups is 1. The zero-order valence-electron chi connectivity index (χ0n) is 11.3. The smallest absolute Gasteiger partial charge is 0.242 e. The van der Waals surface area contributed by atoms with Gasteiger partial charge >= 0.3 is 0 Å². The molecule has 0 spiro atoms. The summed E-state index contributed by atoms with van der Waals surface area (Å²) < 4.78 is 5.26. The van der Waals surface area contributed by atoms with Crippen molar-refractivity contribution in [2.24, 2.45) is 0 Å². The molecule has 20 heavy (non-hydrogen) atoms. The number of amides is 1. The minimum absolute atomic E-state index is 0.0494. The van der Waals surface area contributed by atoms with E-state index in [-0.39, 0.29) is 25.1 Å². The van der Waals surface area contributed by atoms with E-state index in [0.29, 0.717) is 30.6 Å². The van der Waals surface area contributed by atoms with E-state index < -0.39 is 0 Å². The zero-order chi connectivity index (χ0) is 14.5. The van der Waals surface area contributed by atoms with E-state index in [1.54, 1.807) is 35.2 Å². The Kier molecular flexibility index (Phi) is 5.17. The van der Waals surface area contributed by atoms with Gasteiger partial charge in [-0.15, -0.1) is 0 Å². The minimum atomic E-state index is -0.261. The van der Waals surface area contributed by atoms with E-state index in [4.69, 9.17) is 16.3 Å². The van der Waals surface area contributed by atoms with Gasteiger partial charge in [0.05, 0.1) is 37.4 Å². The van der Waals surface area contributed by atoms with Crippen LogP contribution in [0.3, 0.4) is 0 Å². The van der Waals surface area contributed by atoms with Crippen molar-refractivity contribution in [2.45, 2.75) is 6.04 Å². The summed E-state index contributed by atoms with van der Waals surface area (Å²) in [4.78, 5) is 19.9. The average molecular weight is 300 g/mol. The number of hydrogen-bond acceptors (Lipinski definition) is 5. The number of nitrogens with zero attached hydrogens (tertiary/aromatic N) is 3. The third-order valence-corrected chi connectivity index (χ3v) is 3.46. The number of pyridine rings is 1. The van der Waals surface area contributed by atoms with Gasteiger partial charge in [0.15, 0.2) is 0 Å². The van der Waals surface area contributed by atoms with Crippen LogP contribution in [0.5, 0.6) is 0 Å². The van der Waals surface area contributed by atoms with Crippen molar-refractivity contribution < 1.29 is 14.6 Å². The molecule has 1 saturated heterocycles. The van der Waals surface area contributed by atoms with Crippen LogP contribution >= 0.6 is 11.6 Å². The maximum Gasteiger partial charge on any atom is 0.242 e. The van der Waals surface area contributed by atoms with Crippen molar-refractivity contribution in [3.05, 3.63) is 23.4 Å². The summed E-state index contributed by atoms with van der Waals surface area (Å²) in [6.07, 6.45) is 1.54. The lowest BCUT2D eigenvalue weighted by Gasteiger charge is -2.35. The number of aromatic nitrogens is 1. The first-order valence-corrected chi connectivity index (χ1v) is 6.80. The van der Waals surface area contributed by atoms with Crippen LogP contribution in [-0.2, 0) is 9.53 Å². The number of aliphatic hydroxyl groups is 1. The van der Waals surface area contributed by atoms with Gasteiger partial charge in [0.25, 0.3) is 0 Å². The molecule has 0 aliphatic carbocycles. The van der Waals surface area contributed by atoms with Gasteiger partial charge < -0.3 is 19.6 Å². The fourth-order valence-electron chi connectivity index (χ4n) is 2.10. The summed E-state index contributed by atoms with van der Waals surface area (Å²) in [5.74, 6) is 0.628. The van der Waals surface area contributed by atoms with Gasteiger partial charge in [-0.05, 0) is 12.1 Å². The molecule has 110 valence electrons. The molecule has 0 bridgehead atoms. The summed E-state index contributed by atoms with van der Waals surface area (Å²) in [6.45, 7) is 1.50. The highest BCUT2D eigenvalue weighted by atomic mass is 35.5. The van der Waals surface area contributed by atoms with Gasteiger partial charge in [-0.2, -0.15) is 0 Å². The second-order valence-electron chi connectivity index (χ2n) is 4.69. The molecule has 2 heterocycles. The standard InChI is InChI=1S/C13H18ClN3O3/c1-16(12-3-2-10(14)6-15-12)7-13(19)17-4-5-20-9-11(17)8-18/h2-3,6,11,18H,4-5,7-9H2,1H3. The van der Waals surface area contributed by atoms with Crippen LogP contribution in [0.4, 0.5) is 5.82 Å². The van der Waals surface area contributed by atoms with Crippen LogP contribution in [0.1, 0.15) is 0 Å². The number of carbonyl (C=O) groups excluding carboxylic acids is 1. The van der Waals surface area contributed by atoms with Crippen LogP contribution < -0.4 is 4.90 Å². The van der Waals surface area contributed by atoms with Gasteiger partial charge in [-0.1, -0.05) is 11.6 Å². The highest BCUT2D eigenvalue weighted by molar-refractivity contribution is 6.30. The molecule has 1 aromatic heterocycles. The topological polar surface area (TPSA) is 65.9 Å². The van der Waals surface area contributed by atoms with E-state index in [1.807, 2.05) is 0 Å². The SMILES string of the molecule is CN(CC(=O)N1CCOCC1CO)c1ccc(Cl)cn1. The molecule has 1 unspecified atom stereocenters. The molecule has 0 radical (unpaired) electrons. The van der Waals surface area contributed by atoms with Crippen LogP contribution in [0.25, 0.3) is 0 Å². The van der Waals surface area contributed by atoms with Crippen LogP contribution in [0.15, 0.2) is 18.3 Å². The Morgan fingerprint density at radius 3 is 3.10 bits per heavy atom. The fourth-order valence-corrected chi connectivity index (χ4v) is 2.21. The van der Waals surface area contributed by atoms with Crippen LogP contribution in [0.2, 0.25) is 5.02 Å². The summed E-state index contributed by atoms with van der Waals surface area (Å²) >= 11 is 5.78. The third-order valence-electron chi connectivity index (χ3n) is 3.23. The number of ether oxygens (including phenoxy) is 1.